The molecule has 0 atom stereocenters. The van der Waals surface area contributed by atoms with E-state index in [1.165, 1.54) is 5.56 Å². The summed E-state index contributed by atoms with van der Waals surface area (Å²) in [4.78, 5) is 17.6. The molecule has 3 aromatic carbocycles. The summed E-state index contributed by atoms with van der Waals surface area (Å²) in [5.74, 6) is 2.45. The number of carbonyl (C=O) groups is 1. The minimum Gasteiger partial charge on any atom is -0.493 e. The number of nitrogens with one attached hydrogen (secondary N) is 1. The number of fused-ring (bicyclic) bond motifs is 1. The van der Waals surface area contributed by atoms with Crippen molar-refractivity contribution in [2.45, 2.75) is 39.3 Å². The smallest absolute Gasteiger partial charge is 0.251 e. The minimum atomic E-state index is -0.218. The van der Waals surface area contributed by atoms with E-state index in [4.69, 9.17) is 19.2 Å². The quantitative estimate of drug-likeness (QED) is 0.344. The maximum Gasteiger partial charge on any atom is 0.251 e. The molecule has 0 saturated carbocycles. The molecule has 1 aromatic heterocycles. The maximum absolute atomic E-state index is 12.8. The normalized spacial score (nSPS) is 11.4. The van der Waals surface area contributed by atoms with Crippen LogP contribution in [0, 0.1) is 0 Å². The predicted molar refractivity (Wildman–Crippen MR) is 141 cm³/mol. The first-order chi connectivity index (χ1) is 17.3. The van der Waals surface area contributed by atoms with E-state index in [1.54, 1.807) is 32.4 Å². The van der Waals surface area contributed by atoms with Gasteiger partial charge in [-0.3, -0.25) is 4.79 Å². The molecule has 0 fully saturated rings. The summed E-state index contributed by atoms with van der Waals surface area (Å²) in [5, 5.41) is 2.97. The number of aromatic nitrogens is 2. The lowest BCUT2D eigenvalue weighted by Gasteiger charge is -2.19. The fraction of sp³-hybridized carbons (Fsp3) is 0.310. The topological polar surface area (TPSA) is 74.6 Å². The van der Waals surface area contributed by atoms with Crippen LogP contribution in [0.1, 0.15) is 42.5 Å². The Labute approximate surface area is 212 Å². The van der Waals surface area contributed by atoms with Crippen LogP contribution in [0.25, 0.3) is 11.0 Å². The molecule has 4 aromatic rings. The molecule has 0 saturated heterocycles. The fourth-order valence-electron chi connectivity index (χ4n) is 4.05. The molecule has 7 heteroatoms. The van der Waals surface area contributed by atoms with Crippen molar-refractivity contribution in [3.8, 4) is 17.2 Å². The SMILES string of the molecule is COc1ccc(C(=O)NCc2nc3ccccc3n2CCOc2ccc(C(C)(C)C)cc2)cc1OC. The zero-order chi connectivity index (χ0) is 25.7. The van der Waals surface area contributed by atoms with E-state index in [0.717, 1.165) is 22.6 Å². The van der Waals surface area contributed by atoms with Crippen LogP contribution in [0.2, 0.25) is 0 Å². The van der Waals surface area contributed by atoms with Crippen molar-refractivity contribution in [3.05, 3.63) is 83.7 Å². The van der Waals surface area contributed by atoms with E-state index in [9.17, 15) is 4.79 Å². The highest BCUT2D eigenvalue weighted by Gasteiger charge is 2.15. The Kier molecular flexibility index (Phi) is 7.48. The molecular weight excluding hydrogens is 454 g/mol. The number of hydrogen-bond acceptors (Lipinski definition) is 5. The van der Waals surface area contributed by atoms with Crippen molar-refractivity contribution in [1.29, 1.82) is 0 Å². The average molecular weight is 488 g/mol. The third kappa shape index (κ3) is 5.62. The number of hydrogen-bond donors (Lipinski definition) is 1. The number of nitrogens with zero attached hydrogens (tertiary/aromatic N) is 2. The van der Waals surface area contributed by atoms with Gasteiger partial charge in [-0.1, -0.05) is 45.0 Å². The molecule has 0 aliphatic carbocycles. The minimum absolute atomic E-state index is 0.102. The summed E-state index contributed by atoms with van der Waals surface area (Å²) in [7, 11) is 3.11. The van der Waals surface area contributed by atoms with E-state index >= 15 is 0 Å². The summed E-state index contributed by atoms with van der Waals surface area (Å²) in [5.41, 5.74) is 3.73. The summed E-state index contributed by atoms with van der Waals surface area (Å²) in [6, 6.07) is 21.3. The largest absolute Gasteiger partial charge is 0.493 e. The van der Waals surface area contributed by atoms with Crippen LogP contribution >= 0.6 is 0 Å². The van der Waals surface area contributed by atoms with Gasteiger partial charge in [0.15, 0.2) is 11.5 Å². The molecule has 1 amide bonds. The van der Waals surface area contributed by atoms with Gasteiger partial charge in [-0.2, -0.15) is 0 Å². The number of methoxy groups -OCH3 is 2. The van der Waals surface area contributed by atoms with Crippen LogP contribution in [-0.2, 0) is 18.5 Å². The second kappa shape index (κ2) is 10.7. The average Bonchev–Trinajstić information content (AvgIpc) is 3.24. The second-order valence-corrected chi connectivity index (χ2v) is 9.54. The Morgan fingerprint density at radius 1 is 0.944 bits per heavy atom. The molecule has 0 aliphatic rings. The van der Waals surface area contributed by atoms with E-state index in [2.05, 4.69) is 42.8 Å². The first-order valence-corrected chi connectivity index (χ1v) is 12.0. The summed E-state index contributed by atoms with van der Waals surface area (Å²) >= 11 is 0. The Hall–Kier alpha value is -4.00. The maximum atomic E-state index is 12.8. The second-order valence-electron chi connectivity index (χ2n) is 9.54. The van der Waals surface area contributed by atoms with Gasteiger partial charge in [-0.05, 0) is 53.4 Å². The van der Waals surface area contributed by atoms with Gasteiger partial charge in [-0.25, -0.2) is 4.98 Å². The molecule has 0 unspecified atom stereocenters. The Morgan fingerprint density at radius 3 is 2.36 bits per heavy atom. The van der Waals surface area contributed by atoms with Crippen LogP contribution in [0.4, 0.5) is 0 Å². The van der Waals surface area contributed by atoms with Gasteiger partial charge in [0, 0.05) is 5.56 Å². The number of para-hydroxylation sites is 2. The number of amides is 1. The number of imidazole rings is 1. The zero-order valence-corrected chi connectivity index (χ0v) is 21.5. The highest BCUT2D eigenvalue weighted by molar-refractivity contribution is 5.94. The third-order valence-electron chi connectivity index (χ3n) is 6.09. The lowest BCUT2D eigenvalue weighted by molar-refractivity contribution is 0.0949. The molecule has 1 N–H and O–H groups in total. The van der Waals surface area contributed by atoms with Gasteiger partial charge >= 0.3 is 0 Å². The molecular formula is C29H33N3O4. The Balaban J connectivity index is 1.45. The number of ether oxygens (including phenoxy) is 3. The number of rotatable bonds is 9. The summed E-state index contributed by atoms with van der Waals surface area (Å²) < 4.78 is 18.7. The van der Waals surface area contributed by atoms with Gasteiger partial charge in [-0.15, -0.1) is 0 Å². The lowest BCUT2D eigenvalue weighted by atomic mass is 9.87. The van der Waals surface area contributed by atoms with Crippen LogP contribution in [-0.4, -0.2) is 36.3 Å². The van der Waals surface area contributed by atoms with E-state index in [0.29, 0.717) is 30.2 Å². The van der Waals surface area contributed by atoms with E-state index < -0.39 is 0 Å². The molecule has 0 bridgehead atoms. The third-order valence-corrected chi connectivity index (χ3v) is 6.09. The predicted octanol–water partition coefficient (Wildman–Crippen LogP) is 5.36. The molecule has 0 spiro atoms. The molecule has 0 radical (unpaired) electrons. The van der Waals surface area contributed by atoms with Gasteiger partial charge < -0.3 is 24.1 Å². The van der Waals surface area contributed by atoms with Gasteiger partial charge in [0.2, 0.25) is 0 Å². The van der Waals surface area contributed by atoms with Gasteiger partial charge in [0.25, 0.3) is 5.91 Å². The van der Waals surface area contributed by atoms with Crippen molar-refractivity contribution < 1.29 is 19.0 Å². The summed E-state index contributed by atoms with van der Waals surface area (Å²) in [6.45, 7) is 7.94. The first kappa shape index (κ1) is 25.1. The number of benzene rings is 3. The lowest BCUT2D eigenvalue weighted by Crippen LogP contribution is -2.25. The first-order valence-electron chi connectivity index (χ1n) is 12.0. The van der Waals surface area contributed by atoms with Crippen molar-refractivity contribution in [2.24, 2.45) is 0 Å². The highest BCUT2D eigenvalue weighted by Crippen LogP contribution is 2.28. The summed E-state index contributed by atoms with van der Waals surface area (Å²) in [6.07, 6.45) is 0. The highest BCUT2D eigenvalue weighted by atomic mass is 16.5. The molecule has 36 heavy (non-hydrogen) atoms. The molecule has 0 aliphatic heterocycles. The van der Waals surface area contributed by atoms with Crippen molar-refractivity contribution in [3.63, 3.8) is 0 Å². The zero-order valence-electron chi connectivity index (χ0n) is 21.5. The van der Waals surface area contributed by atoms with Crippen LogP contribution < -0.4 is 19.5 Å². The molecule has 1 heterocycles. The Bertz CT molecular complexity index is 1340. The van der Waals surface area contributed by atoms with Crippen LogP contribution in [0.15, 0.2) is 66.7 Å². The van der Waals surface area contributed by atoms with Crippen molar-refractivity contribution >= 4 is 16.9 Å². The van der Waals surface area contributed by atoms with Crippen molar-refractivity contribution in [1.82, 2.24) is 14.9 Å². The molecule has 7 nitrogen and oxygen atoms in total. The van der Waals surface area contributed by atoms with Crippen molar-refractivity contribution in [2.75, 3.05) is 20.8 Å². The fourth-order valence-corrected chi connectivity index (χ4v) is 4.05. The molecule has 188 valence electrons. The number of carbonyl (C=O) groups excluding carboxylic acids is 1. The van der Waals surface area contributed by atoms with E-state index in [-0.39, 0.29) is 17.9 Å². The van der Waals surface area contributed by atoms with Gasteiger partial charge in [0.1, 0.15) is 18.2 Å². The monoisotopic (exact) mass is 487 g/mol. The van der Waals surface area contributed by atoms with Crippen LogP contribution in [0.3, 0.4) is 0 Å². The Morgan fingerprint density at radius 2 is 1.67 bits per heavy atom. The standard InChI is InChI=1S/C29H33N3O4/c1-29(2,3)21-11-13-22(14-12-21)36-17-16-32-24-9-7-6-8-23(24)31-27(32)19-30-28(33)20-10-15-25(34-4)26(18-20)35-5/h6-15,18H,16-17,19H2,1-5H3,(H,30,33). The van der Waals surface area contributed by atoms with E-state index in [1.807, 2.05) is 36.4 Å². The van der Waals surface area contributed by atoms with Crippen LogP contribution in [0.5, 0.6) is 17.2 Å². The van der Waals surface area contributed by atoms with Gasteiger partial charge in [0.05, 0.1) is 38.3 Å². The molecule has 4 rings (SSSR count).